The lowest BCUT2D eigenvalue weighted by Gasteiger charge is -2.31. The fourth-order valence-electron chi connectivity index (χ4n) is 2.67. The van der Waals surface area contributed by atoms with Crippen LogP contribution in [0.3, 0.4) is 0 Å². The summed E-state index contributed by atoms with van der Waals surface area (Å²) in [6.45, 7) is 1.42. The first-order valence-electron chi connectivity index (χ1n) is 4.95. The first-order chi connectivity index (χ1) is 6.09. The summed E-state index contributed by atoms with van der Waals surface area (Å²) in [6, 6.07) is 0. The van der Waals surface area contributed by atoms with Gasteiger partial charge in [0.15, 0.2) is 0 Å². The Kier molecular flexibility index (Phi) is 2.05. The van der Waals surface area contributed by atoms with Crippen LogP contribution in [0.5, 0.6) is 0 Å². The summed E-state index contributed by atoms with van der Waals surface area (Å²) in [5.74, 6) is 0.0471. The summed E-state index contributed by atoms with van der Waals surface area (Å²) in [7, 11) is 0. The highest BCUT2D eigenvalue weighted by Crippen LogP contribution is 2.48. The van der Waals surface area contributed by atoms with E-state index in [-0.39, 0.29) is 18.0 Å². The van der Waals surface area contributed by atoms with Gasteiger partial charge in [-0.1, -0.05) is 0 Å². The Morgan fingerprint density at radius 3 is 2.85 bits per heavy atom. The van der Waals surface area contributed by atoms with Gasteiger partial charge in [0.1, 0.15) is 11.8 Å². The molecule has 13 heavy (non-hydrogen) atoms. The predicted octanol–water partition coefficient (Wildman–Crippen LogP) is 2.22. The summed E-state index contributed by atoms with van der Waals surface area (Å²) < 4.78 is 18.9. The molecule has 0 radical (unpaired) electrons. The van der Waals surface area contributed by atoms with Crippen molar-refractivity contribution in [2.45, 2.75) is 50.8 Å². The molecule has 2 aliphatic carbocycles. The van der Waals surface area contributed by atoms with Gasteiger partial charge in [0.05, 0.1) is 0 Å². The van der Waals surface area contributed by atoms with Gasteiger partial charge in [0, 0.05) is 6.92 Å². The number of ether oxygens (including phenoxy) is 1. The second-order valence-electron chi connectivity index (χ2n) is 4.34. The van der Waals surface area contributed by atoms with E-state index in [0.29, 0.717) is 25.7 Å². The fourth-order valence-corrected chi connectivity index (χ4v) is 2.67. The SMILES string of the molecule is CC(=O)OC1CCC2(F)CCC1C2. The average molecular weight is 186 g/mol. The maximum atomic E-state index is 13.7. The van der Waals surface area contributed by atoms with Crippen molar-refractivity contribution < 1.29 is 13.9 Å². The van der Waals surface area contributed by atoms with Crippen LogP contribution in [0.1, 0.15) is 39.0 Å². The zero-order valence-corrected chi connectivity index (χ0v) is 7.88. The lowest BCUT2D eigenvalue weighted by Crippen LogP contribution is -2.33. The summed E-state index contributed by atoms with van der Waals surface area (Å²) in [6.07, 6.45) is 3.42. The summed E-state index contributed by atoms with van der Waals surface area (Å²) in [5.41, 5.74) is -0.929. The molecule has 74 valence electrons. The molecule has 0 aliphatic heterocycles. The maximum absolute atomic E-state index is 13.7. The van der Waals surface area contributed by atoms with Gasteiger partial charge in [0.2, 0.25) is 0 Å². The van der Waals surface area contributed by atoms with Crippen LogP contribution in [0, 0.1) is 5.92 Å². The second-order valence-corrected chi connectivity index (χ2v) is 4.34. The molecule has 0 heterocycles. The van der Waals surface area contributed by atoms with E-state index in [2.05, 4.69) is 0 Å². The Morgan fingerprint density at radius 1 is 1.46 bits per heavy atom. The molecule has 0 aromatic carbocycles. The average Bonchev–Trinajstić information content (AvgIpc) is 2.36. The molecule has 2 rings (SSSR count). The molecular formula is C10H15FO2. The summed E-state index contributed by atoms with van der Waals surface area (Å²) in [5, 5.41) is 0. The van der Waals surface area contributed by atoms with E-state index in [1.807, 2.05) is 0 Å². The molecule has 0 aromatic heterocycles. The zero-order valence-electron chi connectivity index (χ0n) is 7.88. The van der Waals surface area contributed by atoms with E-state index in [1.165, 1.54) is 6.92 Å². The van der Waals surface area contributed by atoms with Crippen molar-refractivity contribution in [3.05, 3.63) is 0 Å². The van der Waals surface area contributed by atoms with Crippen molar-refractivity contribution in [3.8, 4) is 0 Å². The molecule has 2 fully saturated rings. The second kappa shape index (κ2) is 2.96. The van der Waals surface area contributed by atoms with Gasteiger partial charge < -0.3 is 4.74 Å². The third kappa shape index (κ3) is 1.69. The molecule has 0 aromatic rings. The van der Waals surface area contributed by atoms with Crippen molar-refractivity contribution in [2.75, 3.05) is 0 Å². The Morgan fingerprint density at radius 2 is 2.15 bits per heavy atom. The highest BCUT2D eigenvalue weighted by Gasteiger charge is 2.47. The molecule has 0 amide bonds. The summed E-state index contributed by atoms with van der Waals surface area (Å²) in [4.78, 5) is 10.8. The number of carbonyl (C=O) groups is 1. The molecule has 3 unspecified atom stereocenters. The van der Waals surface area contributed by atoms with Crippen LogP contribution in [0.2, 0.25) is 0 Å². The quantitative estimate of drug-likeness (QED) is 0.587. The lowest BCUT2D eigenvalue weighted by atomic mass is 9.85. The van der Waals surface area contributed by atoms with Gasteiger partial charge in [-0.15, -0.1) is 0 Å². The number of carbonyl (C=O) groups excluding carboxylic acids is 1. The molecule has 0 spiro atoms. The Bertz CT molecular complexity index is 229. The molecular weight excluding hydrogens is 171 g/mol. The van der Waals surface area contributed by atoms with E-state index in [0.717, 1.165) is 6.42 Å². The Labute approximate surface area is 77.5 Å². The molecule has 2 saturated carbocycles. The van der Waals surface area contributed by atoms with E-state index in [1.54, 1.807) is 0 Å². The van der Waals surface area contributed by atoms with Crippen molar-refractivity contribution >= 4 is 5.97 Å². The van der Waals surface area contributed by atoms with Crippen molar-refractivity contribution in [1.82, 2.24) is 0 Å². The standard InChI is InChI=1S/C10H15FO2/c1-7(12)13-9-3-5-10(11)4-2-8(9)6-10/h8-9H,2-6H2,1H3. The predicted molar refractivity (Wildman–Crippen MR) is 46.0 cm³/mol. The van der Waals surface area contributed by atoms with Crippen LogP contribution in [0.4, 0.5) is 4.39 Å². The third-order valence-electron chi connectivity index (χ3n) is 3.31. The zero-order chi connectivity index (χ0) is 9.47. The minimum atomic E-state index is -0.929. The van der Waals surface area contributed by atoms with Gasteiger partial charge in [-0.3, -0.25) is 4.79 Å². The van der Waals surface area contributed by atoms with Crippen LogP contribution in [0.25, 0.3) is 0 Å². The fraction of sp³-hybridized carbons (Fsp3) is 0.900. The van der Waals surface area contributed by atoms with Gasteiger partial charge in [-0.2, -0.15) is 0 Å². The normalized spacial score (nSPS) is 43.2. The van der Waals surface area contributed by atoms with E-state index < -0.39 is 5.67 Å². The number of hydrogen-bond acceptors (Lipinski definition) is 2. The van der Waals surface area contributed by atoms with Gasteiger partial charge in [-0.05, 0) is 38.0 Å². The highest BCUT2D eigenvalue weighted by molar-refractivity contribution is 5.66. The Hall–Kier alpha value is -0.600. The molecule has 0 N–H and O–H groups in total. The van der Waals surface area contributed by atoms with Crippen LogP contribution in [-0.2, 0) is 9.53 Å². The molecule has 2 aliphatic rings. The van der Waals surface area contributed by atoms with Crippen LogP contribution in [-0.4, -0.2) is 17.7 Å². The number of rotatable bonds is 1. The third-order valence-corrected chi connectivity index (χ3v) is 3.31. The van der Waals surface area contributed by atoms with Crippen LogP contribution < -0.4 is 0 Å². The van der Waals surface area contributed by atoms with Gasteiger partial charge in [0.25, 0.3) is 0 Å². The number of hydrogen-bond donors (Lipinski definition) is 0. The maximum Gasteiger partial charge on any atom is 0.302 e. The number of fused-ring (bicyclic) bond motifs is 2. The molecule has 2 nitrogen and oxygen atoms in total. The van der Waals surface area contributed by atoms with E-state index in [9.17, 15) is 9.18 Å². The van der Waals surface area contributed by atoms with Crippen molar-refractivity contribution in [1.29, 1.82) is 0 Å². The van der Waals surface area contributed by atoms with Crippen molar-refractivity contribution in [2.24, 2.45) is 5.92 Å². The van der Waals surface area contributed by atoms with E-state index in [4.69, 9.17) is 4.74 Å². The van der Waals surface area contributed by atoms with Gasteiger partial charge >= 0.3 is 5.97 Å². The monoisotopic (exact) mass is 186 g/mol. The first-order valence-corrected chi connectivity index (χ1v) is 4.95. The summed E-state index contributed by atoms with van der Waals surface area (Å²) >= 11 is 0. The molecule has 0 saturated heterocycles. The number of alkyl halides is 1. The minimum Gasteiger partial charge on any atom is -0.462 e. The minimum absolute atomic E-state index is 0.0103. The first kappa shape index (κ1) is 8.97. The van der Waals surface area contributed by atoms with Crippen LogP contribution >= 0.6 is 0 Å². The van der Waals surface area contributed by atoms with E-state index >= 15 is 0 Å². The molecule has 3 atom stereocenters. The molecule has 2 bridgehead atoms. The van der Waals surface area contributed by atoms with Gasteiger partial charge in [-0.25, -0.2) is 4.39 Å². The molecule has 3 heteroatoms. The smallest absolute Gasteiger partial charge is 0.302 e. The van der Waals surface area contributed by atoms with Crippen LogP contribution in [0.15, 0.2) is 0 Å². The highest BCUT2D eigenvalue weighted by atomic mass is 19.1. The Balaban J connectivity index is 1.99. The number of halogens is 1. The lowest BCUT2D eigenvalue weighted by molar-refractivity contribution is -0.151. The topological polar surface area (TPSA) is 26.3 Å². The largest absolute Gasteiger partial charge is 0.462 e. The number of esters is 1. The van der Waals surface area contributed by atoms with Crippen molar-refractivity contribution in [3.63, 3.8) is 0 Å².